The number of rotatable bonds is 2. The first-order valence-electron chi connectivity index (χ1n) is 5.54. The van der Waals surface area contributed by atoms with Crippen molar-refractivity contribution in [1.29, 1.82) is 0 Å². The fraction of sp³-hybridized carbons (Fsp3) is 0.417. The second-order valence-corrected chi connectivity index (χ2v) is 4.33. The summed E-state index contributed by atoms with van der Waals surface area (Å²) in [4.78, 5) is 11.3. The van der Waals surface area contributed by atoms with Gasteiger partial charge in [0.05, 0.1) is 17.7 Å². The van der Waals surface area contributed by atoms with E-state index in [4.69, 9.17) is 21.4 Å². The molecule has 0 fully saturated rings. The average molecular weight is 256 g/mol. The average Bonchev–Trinajstić information content (AvgIpc) is 2.53. The van der Waals surface area contributed by atoms with Crippen LogP contribution in [0.15, 0.2) is 18.2 Å². The Balaban J connectivity index is 2.30. The fourth-order valence-electron chi connectivity index (χ4n) is 1.96. The summed E-state index contributed by atoms with van der Waals surface area (Å²) in [6.07, 6.45) is 1.61. The van der Waals surface area contributed by atoms with Crippen molar-refractivity contribution in [2.45, 2.75) is 18.9 Å². The second kappa shape index (κ2) is 5.38. The zero-order valence-electron chi connectivity index (χ0n) is 9.28. The monoisotopic (exact) mass is 255 g/mol. The highest BCUT2D eigenvalue weighted by Crippen LogP contribution is 2.36. The predicted molar refractivity (Wildman–Crippen MR) is 64.2 cm³/mol. The van der Waals surface area contributed by atoms with Crippen molar-refractivity contribution in [2.75, 3.05) is 13.2 Å². The molecule has 2 rings (SSSR count). The Hall–Kier alpha value is -1.26. The lowest BCUT2D eigenvalue weighted by molar-refractivity contribution is -0.124. The van der Waals surface area contributed by atoms with E-state index in [9.17, 15) is 4.79 Å². The van der Waals surface area contributed by atoms with Gasteiger partial charge in [0, 0.05) is 5.56 Å². The highest BCUT2D eigenvalue weighted by atomic mass is 35.5. The fourth-order valence-corrected chi connectivity index (χ4v) is 2.20. The van der Waals surface area contributed by atoms with E-state index >= 15 is 0 Å². The molecule has 0 aromatic heterocycles. The molecule has 5 heteroatoms. The summed E-state index contributed by atoms with van der Waals surface area (Å²) >= 11 is 6.06. The summed E-state index contributed by atoms with van der Waals surface area (Å²) in [6, 6.07) is 5.32. The van der Waals surface area contributed by atoms with Gasteiger partial charge in [-0.3, -0.25) is 4.79 Å². The van der Waals surface area contributed by atoms with Gasteiger partial charge in [0.25, 0.3) is 0 Å². The molecule has 2 N–H and O–H groups in total. The third kappa shape index (κ3) is 2.70. The van der Waals surface area contributed by atoms with Crippen LogP contribution in [0.5, 0.6) is 5.75 Å². The molecule has 1 aliphatic heterocycles. The van der Waals surface area contributed by atoms with Gasteiger partial charge in [-0.05, 0) is 18.9 Å². The summed E-state index contributed by atoms with van der Waals surface area (Å²) in [7, 11) is 0. The van der Waals surface area contributed by atoms with Crippen LogP contribution in [0, 0.1) is 0 Å². The molecule has 0 spiro atoms. The number of benzene rings is 1. The Morgan fingerprint density at radius 3 is 3.18 bits per heavy atom. The van der Waals surface area contributed by atoms with Crippen LogP contribution >= 0.6 is 11.6 Å². The molecule has 4 nitrogen and oxygen atoms in total. The smallest absolute Gasteiger partial charge is 0.246 e. The molecular weight excluding hydrogens is 242 g/mol. The Morgan fingerprint density at radius 1 is 1.59 bits per heavy atom. The molecule has 1 atom stereocenters. The number of fused-ring (bicyclic) bond motifs is 1. The maximum Gasteiger partial charge on any atom is 0.246 e. The van der Waals surface area contributed by atoms with Gasteiger partial charge in [0.1, 0.15) is 12.4 Å². The zero-order chi connectivity index (χ0) is 12.3. The summed E-state index contributed by atoms with van der Waals surface area (Å²) in [6.45, 7) is 0.0789. The van der Waals surface area contributed by atoms with Crippen molar-refractivity contribution in [3.8, 4) is 5.75 Å². The van der Waals surface area contributed by atoms with Crippen LogP contribution in [-0.4, -0.2) is 24.2 Å². The van der Waals surface area contributed by atoms with Crippen molar-refractivity contribution in [3.63, 3.8) is 0 Å². The van der Waals surface area contributed by atoms with Gasteiger partial charge < -0.3 is 15.2 Å². The van der Waals surface area contributed by atoms with Crippen LogP contribution in [-0.2, 0) is 4.79 Å². The number of nitrogens with one attached hydrogen (secondary N) is 1. The molecule has 1 aromatic rings. The van der Waals surface area contributed by atoms with E-state index in [1.165, 1.54) is 0 Å². The summed E-state index contributed by atoms with van der Waals surface area (Å²) in [5.74, 6) is 0.248. The highest BCUT2D eigenvalue weighted by Gasteiger charge is 2.22. The van der Waals surface area contributed by atoms with Crippen LogP contribution in [0.2, 0.25) is 5.02 Å². The van der Waals surface area contributed by atoms with Crippen LogP contribution in [0.1, 0.15) is 24.4 Å². The topological polar surface area (TPSA) is 58.6 Å². The molecule has 17 heavy (non-hydrogen) atoms. The van der Waals surface area contributed by atoms with Gasteiger partial charge in [0.2, 0.25) is 5.91 Å². The van der Waals surface area contributed by atoms with E-state index < -0.39 is 6.61 Å². The molecular formula is C12H14ClNO3. The molecule has 1 aromatic carbocycles. The first-order valence-corrected chi connectivity index (χ1v) is 5.91. The molecule has 92 valence electrons. The molecule has 1 amide bonds. The van der Waals surface area contributed by atoms with Crippen LogP contribution < -0.4 is 10.1 Å². The molecule has 1 unspecified atom stereocenters. The van der Waals surface area contributed by atoms with Gasteiger partial charge in [-0.25, -0.2) is 0 Å². The maximum atomic E-state index is 11.3. The van der Waals surface area contributed by atoms with E-state index in [2.05, 4.69) is 5.32 Å². The van der Waals surface area contributed by atoms with E-state index in [0.717, 1.165) is 18.4 Å². The van der Waals surface area contributed by atoms with Crippen molar-refractivity contribution in [2.24, 2.45) is 0 Å². The molecule has 0 saturated heterocycles. The third-order valence-electron chi connectivity index (χ3n) is 2.74. The van der Waals surface area contributed by atoms with Gasteiger partial charge in [-0.1, -0.05) is 23.7 Å². The molecule has 0 saturated carbocycles. The van der Waals surface area contributed by atoms with Crippen molar-refractivity contribution in [3.05, 3.63) is 28.8 Å². The second-order valence-electron chi connectivity index (χ2n) is 3.93. The van der Waals surface area contributed by atoms with Crippen LogP contribution in [0.25, 0.3) is 0 Å². The molecule has 1 heterocycles. The van der Waals surface area contributed by atoms with Gasteiger partial charge in [-0.2, -0.15) is 0 Å². The molecule has 0 aliphatic carbocycles. The summed E-state index contributed by atoms with van der Waals surface area (Å²) < 4.78 is 5.58. The zero-order valence-corrected chi connectivity index (χ0v) is 10.0. The molecule has 1 aliphatic rings. The SMILES string of the molecule is O=C(CO)NC1CCCOc2c(Cl)cccc21. The number of amides is 1. The maximum absolute atomic E-state index is 11.3. The van der Waals surface area contributed by atoms with Gasteiger partial charge in [0.15, 0.2) is 0 Å². The number of aliphatic hydroxyl groups is 1. The Kier molecular flexibility index (Phi) is 3.86. The number of ether oxygens (including phenoxy) is 1. The van der Waals surface area contributed by atoms with Gasteiger partial charge >= 0.3 is 0 Å². The van der Waals surface area contributed by atoms with E-state index in [-0.39, 0.29) is 11.9 Å². The first kappa shape index (κ1) is 12.2. The molecule has 0 bridgehead atoms. The third-order valence-corrected chi connectivity index (χ3v) is 3.03. The van der Waals surface area contributed by atoms with Gasteiger partial charge in [-0.15, -0.1) is 0 Å². The summed E-state index contributed by atoms with van der Waals surface area (Å²) in [5, 5.41) is 12.1. The van der Waals surface area contributed by atoms with Crippen molar-refractivity contribution in [1.82, 2.24) is 5.32 Å². The van der Waals surface area contributed by atoms with Crippen LogP contribution in [0.3, 0.4) is 0 Å². The first-order chi connectivity index (χ1) is 8.22. The predicted octanol–water partition coefficient (Wildman–Crippen LogP) is 1.66. The highest BCUT2D eigenvalue weighted by molar-refractivity contribution is 6.32. The lowest BCUT2D eigenvalue weighted by Crippen LogP contribution is -2.30. The van der Waals surface area contributed by atoms with E-state index in [1.807, 2.05) is 12.1 Å². The number of aliphatic hydroxyl groups excluding tert-OH is 1. The summed E-state index contributed by atoms with van der Waals surface area (Å²) in [5.41, 5.74) is 0.872. The quantitative estimate of drug-likeness (QED) is 0.845. The normalized spacial score (nSPS) is 18.8. The number of carbonyl (C=O) groups is 1. The van der Waals surface area contributed by atoms with E-state index in [0.29, 0.717) is 17.4 Å². The van der Waals surface area contributed by atoms with Crippen molar-refractivity contribution >= 4 is 17.5 Å². The number of carbonyl (C=O) groups excluding carboxylic acids is 1. The Bertz CT molecular complexity index is 422. The minimum Gasteiger partial charge on any atom is -0.492 e. The standard InChI is InChI=1S/C12H14ClNO3/c13-9-4-1-3-8-10(14-11(16)7-15)5-2-6-17-12(8)9/h1,3-4,10,15H,2,5-7H2,(H,14,16). The number of halogens is 1. The largest absolute Gasteiger partial charge is 0.492 e. The lowest BCUT2D eigenvalue weighted by Gasteiger charge is -2.18. The number of para-hydroxylation sites is 1. The van der Waals surface area contributed by atoms with Crippen molar-refractivity contribution < 1.29 is 14.6 Å². The minimum absolute atomic E-state index is 0.147. The Labute approximate surface area is 105 Å². The Morgan fingerprint density at radius 2 is 2.41 bits per heavy atom. The minimum atomic E-state index is -0.507. The lowest BCUT2D eigenvalue weighted by atomic mass is 10.0. The number of hydrogen-bond donors (Lipinski definition) is 2. The van der Waals surface area contributed by atoms with Crippen LogP contribution in [0.4, 0.5) is 0 Å². The molecule has 0 radical (unpaired) electrons. The van der Waals surface area contributed by atoms with E-state index in [1.54, 1.807) is 6.07 Å². The number of hydrogen-bond acceptors (Lipinski definition) is 3.